The zero-order valence-corrected chi connectivity index (χ0v) is 11.8. The highest BCUT2D eigenvalue weighted by Gasteiger charge is 2.18. The summed E-state index contributed by atoms with van der Waals surface area (Å²) in [5, 5.41) is 8.68. The van der Waals surface area contributed by atoms with Gasteiger partial charge >= 0.3 is 0 Å². The molecule has 5 nitrogen and oxygen atoms in total. The van der Waals surface area contributed by atoms with Crippen molar-refractivity contribution in [3.63, 3.8) is 0 Å². The molecule has 1 heterocycles. The zero-order valence-electron chi connectivity index (χ0n) is 11.8. The lowest BCUT2D eigenvalue weighted by Gasteiger charge is -2.22. The molecule has 22 heavy (non-hydrogen) atoms. The maximum Gasteiger partial charge on any atom is 0.274 e. The molecule has 0 aliphatic carbocycles. The van der Waals surface area contributed by atoms with E-state index in [2.05, 4.69) is 0 Å². The van der Waals surface area contributed by atoms with Crippen molar-refractivity contribution in [1.29, 1.82) is 0 Å². The first-order valence-corrected chi connectivity index (χ1v) is 6.88. The maximum absolute atomic E-state index is 13.4. The zero-order chi connectivity index (χ0) is 15.5. The topological polar surface area (TPSA) is 61.8 Å². The van der Waals surface area contributed by atoms with Gasteiger partial charge in [-0.2, -0.15) is 0 Å². The van der Waals surface area contributed by atoms with Gasteiger partial charge < -0.3 is 9.64 Å². The molecule has 0 bridgehead atoms. The standard InChI is InChI=1S/C16H15FN2O3/c17-13-2-1-3-14(9-13)19-6-7-22-15-8-11(16(20)18-21)4-5-12(15)10-19/h1-5,8-9,21H,6-7,10H2,(H,18,20). The second-order valence-electron chi connectivity index (χ2n) is 5.01. The largest absolute Gasteiger partial charge is 0.491 e. The van der Waals surface area contributed by atoms with Crippen LogP contribution in [0.2, 0.25) is 0 Å². The highest BCUT2D eigenvalue weighted by Crippen LogP contribution is 2.27. The molecular weight excluding hydrogens is 287 g/mol. The maximum atomic E-state index is 13.4. The van der Waals surface area contributed by atoms with Gasteiger partial charge in [0.25, 0.3) is 5.91 Å². The molecular formula is C16H15FN2O3. The Morgan fingerprint density at radius 3 is 2.91 bits per heavy atom. The number of hydroxylamine groups is 1. The molecule has 1 aliphatic heterocycles. The molecule has 2 aromatic carbocycles. The number of halogens is 1. The van der Waals surface area contributed by atoms with E-state index in [9.17, 15) is 9.18 Å². The van der Waals surface area contributed by atoms with E-state index in [-0.39, 0.29) is 5.82 Å². The van der Waals surface area contributed by atoms with Gasteiger partial charge in [-0.05, 0) is 30.3 Å². The normalized spacial score (nSPS) is 13.8. The second-order valence-corrected chi connectivity index (χ2v) is 5.01. The number of nitrogens with one attached hydrogen (secondary N) is 1. The first kappa shape index (κ1) is 14.3. The van der Waals surface area contributed by atoms with Crippen molar-refractivity contribution in [2.45, 2.75) is 6.54 Å². The predicted octanol–water partition coefficient (Wildman–Crippen LogP) is 2.34. The molecule has 0 fully saturated rings. The summed E-state index contributed by atoms with van der Waals surface area (Å²) >= 11 is 0. The summed E-state index contributed by atoms with van der Waals surface area (Å²) in [6.07, 6.45) is 0. The highest BCUT2D eigenvalue weighted by molar-refractivity contribution is 5.93. The lowest BCUT2D eigenvalue weighted by molar-refractivity contribution is 0.0706. The van der Waals surface area contributed by atoms with E-state index in [1.807, 2.05) is 11.0 Å². The minimum absolute atomic E-state index is 0.280. The van der Waals surface area contributed by atoms with Crippen molar-refractivity contribution < 1.29 is 19.1 Å². The van der Waals surface area contributed by atoms with Crippen LogP contribution in [0.25, 0.3) is 0 Å². The van der Waals surface area contributed by atoms with Crippen LogP contribution >= 0.6 is 0 Å². The van der Waals surface area contributed by atoms with Crippen molar-refractivity contribution in [3.8, 4) is 5.75 Å². The molecule has 2 aromatic rings. The summed E-state index contributed by atoms with van der Waals surface area (Å²) in [6, 6.07) is 11.4. The summed E-state index contributed by atoms with van der Waals surface area (Å²) in [7, 11) is 0. The third kappa shape index (κ3) is 2.87. The van der Waals surface area contributed by atoms with Crippen LogP contribution in [-0.4, -0.2) is 24.3 Å². The molecule has 0 saturated carbocycles. The predicted molar refractivity (Wildman–Crippen MR) is 78.6 cm³/mol. The Morgan fingerprint density at radius 1 is 1.27 bits per heavy atom. The van der Waals surface area contributed by atoms with Gasteiger partial charge in [0.15, 0.2) is 0 Å². The molecule has 0 radical (unpaired) electrons. The van der Waals surface area contributed by atoms with Crippen LogP contribution in [0.15, 0.2) is 42.5 Å². The molecule has 114 valence electrons. The first-order chi connectivity index (χ1) is 10.7. The number of amides is 1. The number of benzene rings is 2. The number of fused-ring (bicyclic) bond motifs is 1. The van der Waals surface area contributed by atoms with E-state index < -0.39 is 5.91 Å². The molecule has 0 atom stereocenters. The molecule has 1 amide bonds. The van der Waals surface area contributed by atoms with Gasteiger partial charge in [0.05, 0.1) is 6.54 Å². The van der Waals surface area contributed by atoms with Crippen molar-refractivity contribution in [1.82, 2.24) is 5.48 Å². The third-order valence-corrected chi connectivity index (χ3v) is 3.58. The Kier molecular flexibility index (Phi) is 3.93. The Labute approximate surface area is 126 Å². The van der Waals surface area contributed by atoms with Gasteiger partial charge in [-0.25, -0.2) is 9.87 Å². The minimum Gasteiger partial charge on any atom is -0.491 e. The molecule has 0 aromatic heterocycles. The lowest BCUT2D eigenvalue weighted by Crippen LogP contribution is -2.25. The number of carbonyl (C=O) groups is 1. The van der Waals surface area contributed by atoms with E-state index in [1.165, 1.54) is 12.1 Å². The van der Waals surface area contributed by atoms with Crippen molar-refractivity contribution in [2.75, 3.05) is 18.1 Å². The number of anilines is 1. The minimum atomic E-state index is -0.586. The van der Waals surface area contributed by atoms with Gasteiger partial charge in [-0.15, -0.1) is 0 Å². The molecule has 1 aliphatic rings. The summed E-state index contributed by atoms with van der Waals surface area (Å²) in [5.74, 6) is -0.268. The molecule has 6 heteroatoms. The number of nitrogens with zero attached hydrogens (tertiary/aromatic N) is 1. The second kappa shape index (κ2) is 6.03. The van der Waals surface area contributed by atoms with Gasteiger partial charge in [0.1, 0.15) is 18.2 Å². The van der Waals surface area contributed by atoms with Crippen LogP contribution in [0.1, 0.15) is 15.9 Å². The van der Waals surface area contributed by atoms with E-state index in [1.54, 1.807) is 29.7 Å². The van der Waals surface area contributed by atoms with E-state index >= 15 is 0 Å². The van der Waals surface area contributed by atoms with Gasteiger partial charge in [-0.3, -0.25) is 10.0 Å². The van der Waals surface area contributed by atoms with Crippen LogP contribution in [0, 0.1) is 5.82 Å². The SMILES string of the molecule is O=C(NO)c1ccc2c(c1)OCCN(c1cccc(F)c1)C2. The number of hydrogen-bond donors (Lipinski definition) is 2. The lowest BCUT2D eigenvalue weighted by atomic mass is 10.1. The fourth-order valence-electron chi connectivity index (χ4n) is 2.47. The van der Waals surface area contributed by atoms with Gasteiger partial charge in [0.2, 0.25) is 0 Å². The molecule has 0 unspecified atom stereocenters. The fraction of sp³-hybridized carbons (Fsp3) is 0.188. The Balaban J connectivity index is 1.88. The third-order valence-electron chi connectivity index (χ3n) is 3.58. The van der Waals surface area contributed by atoms with E-state index in [4.69, 9.17) is 9.94 Å². The molecule has 0 spiro atoms. The average molecular weight is 302 g/mol. The highest BCUT2D eigenvalue weighted by atomic mass is 19.1. The summed E-state index contributed by atoms with van der Waals surface area (Å²) in [5.41, 5.74) is 3.60. The number of carbonyl (C=O) groups excluding carboxylic acids is 1. The van der Waals surface area contributed by atoms with Crippen LogP contribution in [0.5, 0.6) is 5.75 Å². The monoisotopic (exact) mass is 302 g/mol. The molecule has 2 N–H and O–H groups in total. The summed E-state index contributed by atoms with van der Waals surface area (Å²) < 4.78 is 19.0. The molecule has 0 saturated heterocycles. The smallest absolute Gasteiger partial charge is 0.274 e. The van der Waals surface area contributed by atoms with E-state index in [0.717, 1.165) is 11.3 Å². The molecule has 3 rings (SSSR count). The first-order valence-electron chi connectivity index (χ1n) is 6.88. The van der Waals surface area contributed by atoms with Crippen LogP contribution in [-0.2, 0) is 6.54 Å². The van der Waals surface area contributed by atoms with Gasteiger partial charge in [0, 0.05) is 23.4 Å². The summed E-state index contributed by atoms with van der Waals surface area (Å²) in [6.45, 7) is 1.59. The van der Waals surface area contributed by atoms with Gasteiger partial charge in [-0.1, -0.05) is 12.1 Å². The van der Waals surface area contributed by atoms with E-state index in [0.29, 0.717) is 31.0 Å². The van der Waals surface area contributed by atoms with Crippen LogP contribution in [0.4, 0.5) is 10.1 Å². The number of ether oxygens (including phenoxy) is 1. The van der Waals surface area contributed by atoms with Crippen molar-refractivity contribution >= 4 is 11.6 Å². The van der Waals surface area contributed by atoms with Crippen LogP contribution < -0.4 is 15.1 Å². The fourth-order valence-corrected chi connectivity index (χ4v) is 2.47. The average Bonchev–Trinajstić information content (AvgIpc) is 2.75. The number of rotatable bonds is 2. The Morgan fingerprint density at radius 2 is 2.14 bits per heavy atom. The Hall–Kier alpha value is -2.60. The Bertz CT molecular complexity index is 706. The van der Waals surface area contributed by atoms with Crippen molar-refractivity contribution in [2.24, 2.45) is 0 Å². The van der Waals surface area contributed by atoms with Crippen molar-refractivity contribution in [3.05, 3.63) is 59.4 Å². The number of hydrogen-bond acceptors (Lipinski definition) is 4. The summed E-state index contributed by atoms with van der Waals surface area (Å²) in [4.78, 5) is 13.5. The van der Waals surface area contributed by atoms with Crippen LogP contribution in [0.3, 0.4) is 0 Å². The quantitative estimate of drug-likeness (QED) is 0.660.